The highest BCUT2D eigenvalue weighted by atomic mass is 79.9. The molecule has 0 atom stereocenters. The molecule has 0 aliphatic rings. The van der Waals surface area contributed by atoms with Crippen LogP contribution in [0.1, 0.15) is 5.69 Å². The average molecular weight is 234 g/mol. The van der Waals surface area contributed by atoms with Gasteiger partial charge in [0.25, 0.3) is 0 Å². The first-order valence-electron chi connectivity index (χ1n) is 2.71. The van der Waals surface area contributed by atoms with Crippen LogP contribution in [-0.2, 0) is 4.79 Å². The van der Waals surface area contributed by atoms with Crippen LogP contribution in [0, 0.1) is 0 Å². The Labute approximate surface area is 75.7 Å². The second-order valence-corrected chi connectivity index (χ2v) is 3.20. The molecule has 1 aromatic heterocycles. The Kier molecular flexibility index (Phi) is 2.78. The van der Waals surface area contributed by atoms with Gasteiger partial charge in [0.2, 0.25) is 0 Å². The van der Waals surface area contributed by atoms with Crippen molar-refractivity contribution in [3.8, 4) is 0 Å². The molecule has 3 nitrogen and oxygen atoms in total. The molecular formula is C6H4BrNO2S. The molecule has 0 fully saturated rings. The zero-order valence-electron chi connectivity index (χ0n) is 5.32. The summed E-state index contributed by atoms with van der Waals surface area (Å²) in [6.45, 7) is 0. The minimum absolute atomic E-state index is 0.650. The molecule has 0 amide bonds. The Morgan fingerprint density at radius 2 is 2.55 bits per heavy atom. The fourth-order valence-corrected chi connectivity index (χ4v) is 1.62. The second-order valence-electron chi connectivity index (χ2n) is 1.72. The number of carboxylic acid groups (broad SMARTS) is 1. The van der Waals surface area contributed by atoms with Crippen LogP contribution in [-0.4, -0.2) is 15.4 Å². The topological polar surface area (TPSA) is 50.2 Å². The molecule has 0 aromatic carbocycles. The molecule has 58 valence electrons. The largest absolute Gasteiger partial charge is 0.478 e. The predicted octanol–water partition coefficient (Wildman–Crippen LogP) is 2.00. The SMILES string of the molecule is O=C(O)/C=C/c1nscc1Br. The summed E-state index contributed by atoms with van der Waals surface area (Å²) < 4.78 is 4.75. The molecule has 1 N–H and O–H groups in total. The van der Waals surface area contributed by atoms with E-state index >= 15 is 0 Å². The number of carbonyl (C=O) groups is 1. The molecule has 1 aromatic rings. The summed E-state index contributed by atoms with van der Waals surface area (Å²) in [6.07, 6.45) is 2.50. The van der Waals surface area contributed by atoms with Crippen molar-refractivity contribution >= 4 is 39.5 Å². The number of rotatable bonds is 2. The Balaban J connectivity index is 2.79. The van der Waals surface area contributed by atoms with Crippen LogP contribution in [0.25, 0.3) is 6.08 Å². The highest BCUT2D eigenvalue weighted by Gasteiger charge is 1.97. The lowest BCUT2D eigenvalue weighted by Gasteiger charge is -1.82. The third-order valence-electron chi connectivity index (χ3n) is 0.936. The van der Waals surface area contributed by atoms with Gasteiger partial charge >= 0.3 is 5.97 Å². The Hall–Kier alpha value is -0.680. The number of halogens is 1. The number of hydrogen-bond donors (Lipinski definition) is 1. The third kappa shape index (κ3) is 2.44. The molecule has 5 heteroatoms. The van der Waals surface area contributed by atoms with Gasteiger partial charge in [-0.3, -0.25) is 0 Å². The normalized spacial score (nSPS) is 10.6. The van der Waals surface area contributed by atoms with Crippen LogP contribution in [0.4, 0.5) is 0 Å². The van der Waals surface area contributed by atoms with Crippen LogP contribution < -0.4 is 0 Å². The molecule has 0 bridgehead atoms. The zero-order chi connectivity index (χ0) is 8.27. The fourth-order valence-electron chi connectivity index (χ4n) is 0.494. The molecule has 1 rings (SSSR count). The van der Waals surface area contributed by atoms with Gasteiger partial charge in [0.05, 0.1) is 10.2 Å². The summed E-state index contributed by atoms with van der Waals surface area (Å²) in [5.74, 6) is -0.968. The first kappa shape index (κ1) is 8.42. The molecule has 0 aliphatic heterocycles. The number of hydrogen-bond acceptors (Lipinski definition) is 3. The molecule has 0 unspecified atom stereocenters. The van der Waals surface area contributed by atoms with Crippen molar-refractivity contribution in [3.63, 3.8) is 0 Å². The maximum absolute atomic E-state index is 10.1. The van der Waals surface area contributed by atoms with Crippen LogP contribution >= 0.6 is 27.5 Å². The quantitative estimate of drug-likeness (QED) is 0.796. The van der Waals surface area contributed by atoms with Crippen LogP contribution in [0.3, 0.4) is 0 Å². The predicted molar refractivity (Wildman–Crippen MR) is 46.5 cm³/mol. The van der Waals surface area contributed by atoms with E-state index in [0.717, 1.165) is 10.5 Å². The summed E-state index contributed by atoms with van der Waals surface area (Å²) in [4.78, 5) is 10.1. The second kappa shape index (κ2) is 3.64. The van der Waals surface area contributed by atoms with E-state index in [2.05, 4.69) is 20.3 Å². The summed E-state index contributed by atoms with van der Waals surface area (Å²) in [7, 11) is 0. The van der Waals surface area contributed by atoms with Gasteiger partial charge in [-0.05, 0) is 33.5 Å². The van der Waals surface area contributed by atoms with Crippen LogP contribution in [0.15, 0.2) is 15.9 Å². The highest BCUT2D eigenvalue weighted by molar-refractivity contribution is 9.10. The third-order valence-corrected chi connectivity index (χ3v) is 2.52. The van der Waals surface area contributed by atoms with Gasteiger partial charge < -0.3 is 5.11 Å². The van der Waals surface area contributed by atoms with Crippen molar-refractivity contribution in [1.29, 1.82) is 0 Å². The standard InChI is InChI=1S/C6H4BrNO2S/c7-4-3-11-8-5(4)1-2-6(9)10/h1-3H,(H,9,10)/b2-1+. The van der Waals surface area contributed by atoms with Gasteiger partial charge in [0.1, 0.15) is 0 Å². The van der Waals surface area contributed by atoms with E-state index in [9.17, 15) is 4.79 Å². The van der Waals surface area contributed by atoms with Crippen LogP contribution in [0.5, 0.6) is 0 Å². The van der Waals surface area contributed by atoms with Crippen molar-refractivity contribution in [2.75, 3.05) is 0 Å². The Morgan fingerprint density at radius 1 is 1.82 bits per heavy atom. The van der Waals surface area contributed by atoms with E-state index in [1.54, 1.807) is 5.38 Å². The van der Waals surface area contributed by atoms with Gasteiger partial charge in [-0.15, -0.1) is 0 Å². The van der Waals surface area contributed by atoms with Crippen molar-refractivity contribution in [2.24, 2.45) is 0 Å². The minimum atomic E-state index is -0.968. The maximum atomic E-state index is 10.1. The van der Waals surface area contributed by atoms with Crippen LogP contribution in [0.2, 0.25) is 0 Å². The zero-order valence-corrected chi connectivity index (χ0v) is 7.72. The van der Waals surface area contributed by atoms with Gasteiger partial charge in [0.15, 0.2) is 0 Å². The van der Waals surface area contributed by atoms with E-state index in [-0.39, 0.29) is 0 Å². The highest BCUT2D eigenvalue weighted by Crippen LogP contribution is 2.18. The molecule has 11 heavy (non-hydrogen) atoms. The average Bonchev–Trinajstić information content (AvgIpc) is 2.31. The van der Waals surface area contributed by atoms with E-state index in [0.29, 0.717) is 5.69 Å². The summed E-state index contributed by atoms with van der Waals surface area (Å²) in [5, 5.41) is 10.1. The number of carboxylic acids is 1. The molecular weight excluding hydrogens is 230 g/mol. The van der Waals surface area contributed by atoms with Gasteiger partial charge in [0, 0.05) is 11.5 Å². The van der Waals surface area contributed by atoms with E-state index < -0.39 is 5.97 Å². The molecule has 1 heterocycles. The number of nitrogens with zero attached hydrogens (tertiary/aromatic N) is 1. The Bertz CT molecular complexity index is 295. The lowest BCUT2D eigenvalue weighted by Crippen LogP contribution is -1.85. The lowest BCUT2D eigenvalue weighted by molar-refractivity contribution is -0.131. The molecule has 0 radical (unpaired) electrons. The first-order chi connectivity index (χ1) is 5.20. The van der Waals surface area contributed by atoms with E-state index in [4.69, 9.17) is 5.11 Å². The van der Waals surface area contributed by atoms with E-state index in [1.807, 2.05) is 0 Å². The maximum Gasteiger partial charge on any atom is 0.328 e. The smallest absolute Gasteiger partial charge is 0.328 e. The molecule has 0 saturated carbocycles. The van der Waals surface area contributed by atoms with Crippen molar-refractivity contribution in [1.82, 2.24) is 4.37 Å². The number of aliphatic carboxylic acids is 1. The number of aromatic nitrogens is 1. The molecule has 0 saturated heterocycles. The Morgan fingerprint density at radius 3 is 3.00 bits per heavy atom. The monoisotopic (exact) mass is 233 g/mol. The summed E-state index contributed by atoms with van der Waals surface area (Å²) >= 11 is 4.50. The molecule has 0 spiro atoms. The lowest BCUT2D eigenvalue weighted by atomic mass is 10.4. The minimum Gasteiger partial charge on any atom is -0.478 e. The van der Waals surface area contributed by atoms with Gasteiger partial charge in [-0.2, -0.15) is 4.37 Å². The van der Waals surface area contributed by atoms with Gasteiger partial charge in [-0.25, -0.2) is 4.79 Å². The van der Waals surface area contributed by atoms with Gasteiger partial charge in [-0.1, -0.05) is 0 Å². The van der Waals surface area contributed by atoms with Crippen molar-refractivity contribution in [2.45, 2.75) is 0 Å². The van der Waals surface area contributed by atoms with Crippen molar-refractivity contribution in [3.05, 3.63) is 21.6 Å². The molecule has 0 aliphatic carbocycles. The fraction of sp³-hybridized carbons (Fsp3) is 0. The first-order valence-corrected chi connectivity index (χ1v) is 4.34. The summed E-state index contributed by atoms with van der Waals surface area (Å²) in [6, 6.07) is 0. The summed E-state index contributed by atoms with van der Waals surface area (Å²) in [5.41, 5.74) is 0.650. The van der Waals surface area contributed by atoms with Crippen molar-refractivity contribution < 1.29 is 9.90 Å². The van der Waals surface area contributed by atoms with E-state index in [1.165, 1.54) is 17.6 Å².